The van der Waals surface area contributed by atoms with Crippen molar-refractivity contribution >= 4 is 23.7 Å². The molecule has 2 aliphatic heterocycles. The fourth-order valence-electron chi connectivity index (χ4n) is 5.12. The highest BCUT2D eigenvalue weighted by Crippen LogP contribution is 2.39. The van der Waals surface area contributed by atoms with Crippen LogP contribution in [0.1, 0.15) is 62.9 Å². The number of hydrazone groups is 1. The van der Waals surface area contributed by atoms with E-state index in [1.807, 2.05) is 25.7 Å². The molecule has 0 saturated heterocycles. The molecule has 0 N–H and O–H groups in total. The number of halogens is 1. The lowest BCUT2D eigenvalue weighted by Gasteiger charge is -2.36. The van der Waals surface area contributed by atoms with Gasteiger partial charge < -0.3 is 4.90 Å². The van der Waals surface area contributed by atoms with Crippen molar-refractivity contribution in [2.75, 3.05) is 0 Å². The number of fused-ring (bicyclic) bond motifs is 2. The minimum Gasteiger partial charge on any atom is -0.311 e. The average molecular weight is 411 g/mol. The Labute approximate surface area is 177 Å². The summed E-state index contributed by atoms with van der Waals surface area (Å²) in [5, 5.41) is 7.90. The molecule has 6 nitrogen and oxygen atoms in total. The first-order valence-electron chi connectivity index (χ1n) is 10.7. The van der Waals surface area contributed by atoms with Crippen LogP contribution in [0.5, 0.6) is 0 Å². The van der Waals surface area contributed by atoms with E-state index < -0.39 is 0 Å². The Morgan fingerprint density at radius 1 is 1.14 bits per heavy atom. The zero-order valence-corrected chi connectivity index (χ0v) is 17.8. The van der Waals surface area contributed by atoms with Crippen LogP contribution in [0.4, 0.5) is 0 Å². The Balaban J connectivity index is 1.32. The van der Waals surface area contributed by atoms with E-state index in [1.165, 1.54) is 5.69 Å². The number of aliphatic imine (C=N–C) groups is 1. The SMILES string of the molecule is Cc1nccc(C2CCC(N3N=CN4C3=CN=C3C=C(Cl)CCC3C4C)CC2)n1. The van der Waals surface area contributed by atoms with Crippen molar-refractivity contribution in [1.82, 2.24) is 19.9 Å². The molecule has 0 aromatic carbocycles. The van der Waals surface area contributed by atoms with Gasteiger partial charge in [-0.25, -0.2) is 15.0 Å². The molecular weight excluding hydrogens is 384 g/mol. The number of aromatic nitrogens is 2. The van der Waals surface area contributed by atoms with Gasteiger partial charge in [0.1, 0.15) is 18.0 Å². The molecule has 3 heterocycles. The van der Waals surface area contributed by atoms with Gasteiger partial charge in [0.15, 0.2) is 0 Å². The number of rotatable bonds is 2. The Bertz CT molecular complexity index is 912. The molecule has 2 atom stereocenters. The summed E-state index contributed by atoms with van der Waals surface area (Å²) in [5.74, 6) is 2.88. The highest BCUT2D eigenvalue weighted by Gasteiger charge is 2.38. The molecule has 2 aliphatic carbocycles. The predicted molar refractivity (Wildman–Crippen MR) is 116 cm³/mol. The molecule has 2 unspecified atom stereocenters. The smallest absolute Gasteiger partial charge is 0.149 e. The van der Waals surface area contributed by atoms with Crippen LogP contribution in [-0.4, -0.2) is 44.0 Å². The van der Waals surface area contributed by atoms with E-state index in [1.54, 1.807) is 0 Å². The number of hydrogen-bond acceptors (Lipinski definition) is 6. The van der Waals surface area contributed by atoms with Gasteiger partial charge in [0.25, 0.3) is 0 Å². The maximum atomic E-state index is 6.28. The first-order chi connectivity index (χ1) is 14.1. The summed E-state index contributed by atoms with van der Waals surface area (Å²) in [6.07, 6.45) is 14.4. The van der Waals surface area contributed by atoms with Gasteiger partial charge in [-0.3, -0.25) is 4.99 Å². The lowest BCUT2D eigenvalue weighted by molar-refractivity contribution is 0.169. The van der Waals surface area contributed by atoms with Gasteiger partial charge in [-0.2, -0.15) is 5.10 Å². The molecule has 0 spiro atoms. The molecule has 0 radical (unpaired) electrons. The Morgan fingerprint density at radius 2 is 1.97 bits per heavy atom. The molecular formula is C22H27ClN6. The van der Waals surface area contributed by atoms with Gasteiger partial charge in [-0.15, -0.1) is 0 Å². The third-order valence-corrected chi connectivity index (χ3v) is 7.08. The van der Waals surface area contributed by atoms with Gasteiger partial charge in [0.2, 0.25) is 0 Å². The zero-order chi connectivity index (χ0) is 20.0. The first kappa shape index (κ1) is 18.8. The Kier molecular flexibility index (Phi) is 4.90. The second-order valence-electron chi connectivity index (χ2n) is 8.54. The highest BCUT2D eigenvalue weighted by molar-refractivity contribution is 6.31. The van der Waals surface area contributed by atoms with Crippen LogP contribution < -0.4 is 0 Å². The lowest BCUT2D eigenvalue weighted by atomic mass is 9.83. The summed E-state index contributed by atoms with van der Waals surface area (Å²) in [6.45, 7) is 4.24. The number of nitrogens with zero attached hydrogens (tertiary/aromatic N) is 6. The molecule has 5 rings (SSSR count). The van der Waals surface area contributed by atoms with Crippen molar-refractivity contribution in [3.05, 3.63) is 46.9 Å². The van der Waals surface area contributed by atoms with Crippen molar-refractivity contribution in [1.29, 1.82) is 0 Å². The Hall–Kier alpha value is -2.21. The largest absolute Gasteiger partial charge is 0.311 e. The number of hydrogen-bond donors (Lipinski definition) is 0. The summed E-state index contributed by atoms with van der Waals surface area (Å²) < 4.78 is 0. The molecule has 0 bridgehead atoms. The van der Waals surface area contributed by atoms with Crippen molar-refractivity contribution in [3.63, 3.8) is 0 Å². The number of allylic oxidation sites excluding steroid dienone is 2. The Morgan fingerprint density at radius 3 is 2.76 bits per heavy atom. The third-order valence-electron chi connectivity index (χ3n) is 6.79. The van der Waals surface area contributed by atoms with E-state index in [0.717, 1.165) is 60.9 Å². The molecule has 0 amide bonds. The van der Waals surface area contributed by atoms with E-state index in [9.17, 15) is 0 Å². The molecule has 4 aliphatic rings. The van der Waals surface area contributed by atoms with Crippen molar-refractivity contribution in [2.24, 2.45) is 16.0 Å². The van der Waals surface area contributed by atoms with Crippen molar-refractivity contribution < 1.29 is 0 Å². The zero-order valence-electron chi connectivity index (χ0n) is 17.0. The normalized spacial score (nSPS) is 31.5. The molecule has 1 aromatic heterocycles. The second kappa shape index (κ2) is 7.56. The fourth-order valence-corrected chi connectivity index (χ4v) is 5.34. The van der Waals surface area contributed by atoms with E-state index in [-0.39, 0.29) is 0 Å². The van der Waals surface area contributed by atoms with Crippen molar-refractivity contribution in [3.8, 4) is 0 Å². The monoisotopic (exact) mass is 410 g/mol. The van der Waals surface area contributed by atoms with Crippen LogP contribution in [0, 0.1) is 12.8 Å². The summed E-state index contributed by atoms with van der Waals surface area (Å²) >= 11 is 6.28. The molecule has 1 fully saturated rings. The second-order valence-corrected chi connectivity index (χ2v) is 9.02. The summed E-state index contributed by atoms with van der Waals surface area (Å²) in [5.41, 5.74) is 2.29. The van der Waals surface area contributed by atoms with Gasteiger partial charge in [0, 0.05) is 40.5 Å². The van der Waals surface area contributed by atoms with Gasteiger partial charge in [0.05, 0.1) is 12.2 Å². The fraction of sp³-hybridized carbons (Fsp3) is 0.545. The van der Waals surface area contributed by atoms with Crippen LogP contribution >= 0.6 is 11.6 Å². The maximum Gasteiger partial charge on any atom is 0.149 e. The molecule has 1 saturated carbocycles. The predicted octanol–water partition coefficient (Wildman–Crippen LogP) is 4.55. The summed E-state index contributed by atoms with van der Waals surface area (Å²) in [6, 6.07) is 2.81. The van der Waals surface area contributed by atoms with Gasteiger partial charge in [-0.1, -0.05) is 11.6 Å². The third kappa shape index (κ3) is 3.48. The first-order valence-corrected chi connectivity index (χ1v) is 11.0. The quantitative estimate of drug-likeness (QED) is 0.717. The maximum absolute atomic E-state index is 6.28. The van der Waals surface area contributed by atoms with Crippen molar-refractivity contribution in [2.45, 2.75) is 70.4 Å². The molecule has 7 heteroatoms. The summed E-state index contributed by atoms with van der Waals surface area (Å²) in [7, 11) is 0. The van der Waals surface area contributed by atoms with E-state index >= 15 is 0 Å². The van der Waals surface area contributed by atoms with E-state index in [2.05, 4.69) is 38.9 Å². The van der Waals surface area contributed by atoms with Crippen LogP contribution in [0.2, 0.25) is 0 Å². The van der Waals surface area contributed by atoms with Crippen LogP contribution in [-0.2, 0) is 0 Å². The topological polar surface area (TPSA) is 57.0 Å². The minimum atomic E-state index is 0.331. The molecule has 1 aromatic rings. The van der Waals surface area contributed by atoms with E-state index in [4.69, 9.17) is 21.7 Å². The van der Waals surface area contributed by atoms with Gasteiger partial charge >= 0.3 is 0 Å². The van der Waals surface area contributed by atoms with Crippen LogP contribution in [0.15, 0.2) is 45.5 Å². The lowest BCUT2D eigenvalue weighted by Crippen LogP contribution is -2.41. The minimum absolute atomic E-state index is 0.331. The van der Waals surface area contributed by atoms with Gasteiger partial charge in [-0.05, 0) is 64.5 Å². The summed E-state index contributed by atoms with van der Waals surface area (Å²) in [4.78, 5) is 16.0. The van der Waals surface area contributed by atoms with Crippen LogP contribution in [0.3, 0.4) is 0 Å². The molecule has 152 valence electrons. The standard InChI is InChI=1S/C22H27ClN6/c1-14-19-8-5-17(23)11-21(19)25-12-22-28(14)13-26-29(22)18-6-3-16(4-7-18)20-9-10-24-15(2)27-20/h9-14,16,18-19H,3-8H2,1-2H3. The van der Waals surface area contributed by atoms with Crippen LogP contribution in [0.25, 0.3) is 0 Å². The highest BCUT2D eigenvalue weighted by atomic mass is 35.5. The number of aryl methyl sites for hydroxylation is 1. The molecule has 29 heavy (non-hydrogen) atoms. The average Bonchev–Trinajstić information content (AvgIpc) is 3.10. The van der Waals surface area contributed by atoms with E-state index in [0.29, 0.717) is 23.9 Å².